The van der Waals surface area contributed by atoms with Crippen molar-refractivity contribution in [2.24, 2.45) is 46.3 Å². The van der Waals surface area contributed by atoms with Crippen LogP contribution >= 0.6 is 0 Å². The van der Waals surface area contributed by atoms with Crippen LogP contribution in [0.3, 0.4) is 0 Å². The third-order valence-electron chi connectivity index (χ3n) is 11.9. The highest BCUT2D eigenvalue weighted by atomic mass is 16.3. The average Bonchev–Trinajstić information content (AvgIpc) is 3.26. The summed E-state index contributed by atoms with van der Waals surface area (Å²) in [5.74, 6) is 4.75. The van der Waals surface area contributed by atoms with Crippen LogP contribution in [-0.4, -0.2) is 27.5 Å². The van der Waals surface area contributed by atoms with Gasteiger partial charge in [-0.15, -0.1) is 0 Å². The minimum Gasteiger partial charge on any atom is -0.383 e. The van der Waals surface area contributed by atoms with E-state index in [2.05, 4.69) is 45.3 Å². The second kappa shape index (κ2) is 8.22. The van der Waals surface area contributed by atoms with Gasteiger partial charge in [0, 0.05) is 6.92 Å². The lowest BCUT2D eigenvalue weighted by molar-refractivity contribution is -0.481. The minimum absolute atomic E-state index is 0.251. The van der Waals surface area contributed by atoms with Crippen LogP contribution in [0.4, 0.5) is 0 Å². The zero-order chi connectivity index (χ0) is 23.6. The van der Waals surface area contributed by atoms with E-state index in [0.717, 1.165) is 48.0 Å². The molecule has 3 heteroatoms. The zero-order valence-corrected chi connectivity index (χ0v) is 21.9. The predicted octanol–water partition coefficient (Wildman–Crippen LogP) is 6.71. The van der Waals surface area contributed by atoms with E-state index in [-0.39, 0.29) is 5.41 Å². The zero-order valence-electron chi connectivity index (χ0n) is 21.9. The van der Waals surface area contributed by atoms with E-state index < -0.39 is 5.60 Å². The van der Waals surface area contributed by atoms with Gasteiger partial charge in [-0.1, -0.05) is 33.6 Å². The summed E-state index contributed by atoms with van der Waals surface area (Å²) in [5.41, 5.74) is 2.10. The highest BCUT2D eigenvalue weighted by Crippen LogP contribution is 2.68. The molecule has 8 unspecified atom stereocenters. The Labute approximate surface area is 202 Å². The predicted molar refractivity (Wildman–Crippen MR) is 134 cm³/mol. The van der Waals surface area contributed by atoms with Crippen molar-refractivity contribution in [1.82, 2.24) is 0 Å². The Morgan fingerprint density at radius 1 is 1.03 bits per heavy atom. The van der Waals surface area contributed by atoms with E-state index >= 15 is 0 Å². The molecule has 4 saturated carbocycles. The van der Waals surface area contributed by atoms with Crippen molar-refractivity contribution < 1.29 is 9.68 Å². The van der Waals surface area contributed by atoms with Crippen molar-refractivity contribution in [3.8, 4) is 6.07 Å². The molecule has 5 rings (SSSR count). The third kappa shape index (κ3) is 3.74. The molecule has 182 valence electrons. The molecule has 0 radical (unpaired) electrons. The van der Waals surface area contributed by atoms with Crippen LogP contribution in [0.25, 0.3) is 0 Å². The topological polar surface area (TPSA) is 47.0 Å². The number of hydrogen-bond donors (Lipinski definition) is 1. The van der Waals surface area contributed by atoms with Gasteiger partial charge in [0.2, 0.25) is 0 Å². The van der Waals surface area contributed by atoms with E-state index in [9.17, 15) is 10.4 Å². The lowest BCUT2D eigenvalue weighted by Crippen LogP contribution is -2.55. The second-order valence-corrected chi connectivity index (χ2v) is 13.7. The van der Waals surface area contributed by atoms with Crippen LogP contribution in [0.1, 0.15) is 105 Å². The number of allylic oxidation sites excluding steroid dienone is 1. The Kier molecular flexibility index (Phi) is 5.88. The molecule has 0 aromatic carbocycles. The fourth-order valence-electron chi connectivity index (χ4n) is 10.0. The van der Waals surface area contributed by atoms with Gasteiger partial charge in [-0.3, -0.25) is 0 Å². The molecule has 3 nitrogen and oxygen atoms in total. The van der Waals surface area contributed by atoms with Crippen molar-refractivity contribution in [2.45, 2.75) is 111 Å². The monoisotopic (exact) mass is 451 g/mol. The molecule has 1 aliphatic heterocycles. The number of nitrogens with zero attached hydrogens (tertiary/aromatic N) is 2. The van der Waals surface area contributed by atoms with Gasteiger partial charge < -0.3 is 5.11 Å². The molecule has 33 heavy (non-hydrogen) atoms. The van der Waals surface area contributed by atoms with Crippen molar-refractivity contribution in [1.29, 1.82) is 5.26 Å². The first-order chi connectivity index (χ1) is 15.6. The number of hydrogen-bond acceptors (Lipinski definition) is 2. The summed E-state index contributed by atoms with van der Waals surface area (Å²) in [7, 11) is 0. The molecule has 4 aliphatic carbocycles. The van der Waals surface area contributed by atoms with E-state index in [4.69, 9.17) is 0 Å². The minimum atomic E-state index is -0.724. The van der Waals surface area contributed by atoms with Gasteiger partial charge in [0.15, 0.2) is 18.5 Å². The first-order valence-corrected chi connectivity index (χ1v) is 14.0. The van der Waals surface area contributed by atoms with Crippen molar-refractivity contribution in [2.75, 3.05) is 6.54 Å². The first kappa shape index (κ1) is 23.6. The summed E-state index contributed by atoms with van der Waals surface area (Å²) in [4.78, 5) is 0. The molecule has 1 heterocycles. The highest BCUT2D eigenvalue weighted by Gasteiger charge is 2.62. The smallest absolute Gasteiger partial charge is 0.183 e. The lowest BCUT2D eigenvalue weighted by atomic mass is 9.45. The Balaban J connectivity index is 1.37. The van der Waals surface area contributed by atoms with Gasteiger partial charge in [-0.2, -0.15) is 5.26 Å². The molecule has 5 aliphatic rings. The maximum absolute atomic E-state index is 11.9. The summed E-state index contributed by atoms with van der Waals surface area (Å²) in [5, 5.41) is 21.2. The summed E-state index contributed by atoms with van der Waals surface area (Å²) in [6, 6.07) is 2.31. The van der Waals surface area contributed by atoms with Crippen LogP contribution in [-0.2, 0) is 0 Å². The Morgan fingerprint density at radius 2 is 1.73 bits per heavy atom. The molecule has 0 aromatic heterocycles. The SMILES string of the molecule is CC1=[N+](CC(C)(O)[C@H]2CCC3C4CCC5CCC(C)CCC5(C)C4CCC32C)C=C(C#N)C1. The molecule has 0 aromatic rings. The quantitative estimate of drug-likeness (QED) is 0.485. The summed E-state index contributed by atoms with van der Waals surface area (Å²) >= 11 is 0. The second-order valence-electron chi connectivity index (χ2n) is 13.7. The van der Waals surface area contributed by atoms with Crippen molar-refractivity contribution in [3.63, 3.8) is 0 Å². The highest BCUT2D eigenvalue weighted by molar-refractivity contribution is 5.82. The van der Waals surface area contributed by atoms with Gasteiger partial charge in [-0.05, 0) is 105 Å². The summed E-state index contributed by atoms with van der Waals surface area (Å²) < 4.78 is 2.17. The molecule has 0 saturated heterocycles. The molecule has 0 bridgehead atoms. The number of aliphatic hydroxyl groups is 1. The van der Waals surface area contributed by atoms with Crippen LogP contribution in [0, 0.1) is 57.7 Å². The molecule has 4 fully saturated rings. The maximum atomic E-state index is 11.9. The molecule has 0 amide bonds. The lowest BCUT2D eigenvalue weighted by Gasteiger charge is -2.59. The summed E-state index contributed by atoms with van der Waals surface area (Å²) in [6.45, 7) is 12.5. The average molecular weight is 452 g/mol. The number of β-amino-alcohol motifs (C(OH)–C–C–N with tert-alkyl or cyclic N) is 1. The van der Waals surface area contributed by atoms with Gasteiger partial charge in [0.1, 0.15) is 17.2 Å². The van der Waals surface area contributed by atoms with Crippen LogP contribution in [0.15, 0.2) is 11.8 Å². The van der Waals surface area contributed by atoms with Crippen LogP contribution in [0.5, 0.6) is 0 Å². The Bertz CT molecular complexity index is 893. The Hall–Kier alpha value is -1.14. The molecule has 1 N–H and O–H groups in total. The largest absolute Gasteiger partial charge is 0.383 e. The van der Waals surface area contributed by atoms with Crippen molar-refractivity contribution >= 4 is 5.71 Å². The normalized spacial score (nSPS) is 47.0. The molecule has 0 spiro atoms. The van der Waals surface area contributed by atoms with Gasteiger partial charge >= 0.3 is 0 Å². The number of fused-ring (bicyclic) bond motifs is 5. The summed E-state index contributed by atoms with van der Waals surface area (Å²) in [6.07, 6.45) is 16.5. The third-order valence-corrected chi connectivity index (χ3v) is 11.9. The van der Waals surface area contributed by atoms with Crippen LogP contribution in [0.2, 0.25) is 0 Å². The van der Waals surface area contributed by atoms with Gasteiger partial charge in [0.05, 0.1) is 6.42 Å². The van der Waals surface area contributed by atoms with E-state index in [1.165, 1.54) is 63.5 Å². The van der Waals surface area contributed by atoms with E-state index in [1.807, 2.05) is 6.20 Å². The van der Waals surface area contributed by atoms with Crippen molar-refractivity contribution in [3.05, 3.63) is 11.8 Å². The fraction of sp³-hybridized carbons (Fsp3) is 0.867. The number of rotatable bonds is 3. The van der Waals surface area contributed by atoms with E-state index in [0.29, 0.717) is 17.9 Å². The fourth-order valence-corrected chi connectivity index (χ4v) is 10.0. The molecular formula is C30H47N2O+. The Morgan fingerprint density at radius 3 is 2.45 bits per heavy atom. The maximum Gasteiger partial charge on any atom is 0.183 e. The van der Waals surface area contributed by atoms with Gasteiger partial charge in [0.25, 0.3) is 0 Å². The number of nitriles is 1. The van der Waals surface area contributed by atoms with Gasteiger partial charge in [-0.25, -0.2) is 4.58 Å². The first-order valence-electron chi connectivity index (χ1n) is 14.0. The molecular weight excluding hydrogens is 404 g/mol. The van der Waals surface area contributed by atoms with E-state index in [1.54, 1.807) is 0 Å². The molecule has 9 atom stereocenters. The van der Waals surface area contributed by atoms with Crippen LogP contribution < -0.4 is 0 Å². The standard InChI is InChI=1S/C30H47N2O/c1-20-6-7-23-8-9-24-25-10-11-27(29(25,4)15-13-26(24)28(23,3)14-12-20)30(5,33)19-32-18-22(17-31)16-21(32)2/h18,20,23-27,33H,6-16,19H2,1-5H3/q+1/t20?,23?,24?,25?,26?,27-,28?,29?,30?/m0/s1.